The Hall–Kier alpha value is -3.53. The molecule has 3 rings (SSSR count). The van der Waals surface area contributed by atoms with E-state index in [2.05, 4.69) is 9.71 Å². The summed E-state index contributed by atoms with van der Waals surface area (Å²) in [6.07, 6.45) is 0. The second kappa shape index (κ2) is 8.23. The topological polar surface area (TPSA) is 122 Å². The van der Waals surface area contributed by atoms with Crippen molar-refractivity contribution < 1.29 is 27.5 Å². The number of nitrogens with zero attached hydrogens (tertiary/aromatic N) is 2. The van der Waals surface area contributed by atoms with Crippen LogP contribution in [-0.2, 0) is 24.3 Å². The van der Waals surface area contributed by atoms with E-state index in [0.717, 1.165) is 0 Å². The van der Waals surface area contributed by atoms with Crippen molar-refractivity contribution in [3.8, 4) is 0 Å². The highest BCUT2D eigenvalue weighted by Crippen LogP contribution is 2.26. The average Bonchev–Trinajstić information content (AvgIpc) is 2.98. The molecule has 2 aromatic carbocycles. The van der Waals surface area contributed by atoms with E-state index >= 15 is 0 Å². The summed E-state index contributed by atoms with van der Waals surface area (Å²) in [6.45, 7) is -0.977. The fourth-order valence-electron chi connectivity index (χ4n) is 2.65. The van der Waals surface area contributed by atoms with Crippen LogP contribution in [0.25, 0.3) is 0 Å². The van der Waals surface area contributed by atoms with Crippen LogP contribution in [0.5, 0.6) is 0 Å². The Bertz CT molecular complexity index is 1100. The first-order chi connectivity index (χ1) is 13.8. The zero-order valence-electron chi connectivity index (χ0n) is 15.4. The molecule has 0 fully saturated rings. The molecule has 0 saturated heterocycles. The molecule has 0 aromatic heterocycles. The molecule has 1 aliphatic rings. The number of imide groups is 1. The molecule has 150 valence electrons. The quantitative estimate of drug-likeness (QED) is 0.708. The van der Waals surface area contributed by atoms with Gasteiger partial charge in [-0.1, -0.05) is 30.3 Å². The summed E-state index contributed by atoms with van der Waals surface area (Å²) in [5.41, 5.74) is 0.681. The van der Waals surface area contributed by atoms with Crippen LogP contribution >= 0.6 is 0 Å². The highest BCUT2D eigenvalue weighted by atomic mass is 32.2. The van der Waals surface area contributed by atoms with Crippen molar-refractivity contribution in [2.75, 3.05) is 20.2 Å². The standard InChI is InChI=1S/C19H17N3O6S/c1-22(18-14-9-5-6-10-15(14)29(26,27)21-18)11-17(24)28-12-16(23)20-19(25)13-7-3-2-4-8-13/h2-10H,11-12H2,1H3,(H,20,23,25). The molecular weight excluding hydrogens is 398 g/mol. The van der Waals surface area contributed by atoms with E-state index in [4.69, 9.17) is 4.74 Å². The molecule has 9 nitrogen and oxygen atoms in total. The lowest BCUT2D eigenvalue weighted by molar-refractivity contribution is -0.148. The van der Waals surface area contributed by atoms with Crippen LogP contribution in [0.2, 0.25) is 0 Å². The summed E-state index contributed by atoms with van der Waals surface area (Å²) in [5, 5.41) is 2.11. The second-order valence-corrected chi connectivity index (χ2v) is 7.72. The third-order valence-corrected chi connectivity index (χ3v) is 5.32. The van der Waals surface area contributed by atoms with E-state index in [1.165, 1.54) is 30.1 Å². The lowest BCUT2D eigenvalue weighted by atomic mass is 10.2. The molecular formula is C19H17N3O6S. The SMILES string of the molecule is CN(CC(=O)OCC(=O)NC(=O)c1ccccc1)C1=NS(=O)(=O)c2ccccc21. The normalized spacial score (nSPS) is 13.8. The molecule has 0 spiro atoms. The molecule has 1 heterocycles. The van der Waals surface area contributed by atoms with Gasteiger partial charge >= 0.3 is 5.97 Å². The van der Waals surface area contributed by atoms with Gasteiger partial charge in [-0.2, -0.15) is 8.42 Å². The number of carbonyl (C=O) groups is 3. The van der Waals surface area contributed by atoms with Gasteiger partial charge in [0, 0.05) is 18.2 Å². The first-order valence-corrected chi connectivity index (χ1v) is 9.92. The number of hydrogen-bond donors (Lipinski definition) is 1. The van der Waals surface area contributed by atoms with Gasteiger partial charge in [0.15, 0.2) is 12.4 Å². The highest BCUT2D eigenvalue weighted by Gasteiger charge is 2.31. The summed E-state index contributed by atoms with van der Waals surface area (Å²) in [6, 6.07) is 14.4. The third kappa shape index (κ3) is 4.66. The summed E-state index contributed by atoms with van der Waals surface area (Å²) in [4.78, 5) is 37.1. The van der Waals surface area contributed by atoms with E-state index in [-0.39, 0.29) is 17.3 Å². The maximum absolute atomic E-state index is 12.1. The molecule has 2 aromatic rings. The number of fused-ring (bicyclic) bond motifs is 1. The van der Waals surface area contributed by atoms with Gasteiger partial charge in [-0.3, -0.25) is 19.7 Å². The predicted molar refractivity (Wildman–Crippen MR) is 103 cm³/mol. The van der Waals surface area contributed by atoms with Crippen LogP contribution in [-0.4, -0.2) is 57.1 Å². The number of hydrogen-bond acceptors (Lipinski definition) is 7. The summed E-state index contributed by atoms with van der Waals surface area (Å²) >= 11 is 0. The summed E-state index contributed by atoms with van der Waals surface area (Å²) < 4.78 is 32.7. The zero-order chi connectivity index (χ0) is 21.0. The summed E-state index contributed by atoms with van der Waals surface area (Å²) in [5.74, 6) is -2.05. The van der Waals surface area contributed by atoms with Crippen molar-refractivity contribution in [2.45, 2.75) is 4.90 Å². The number of sulfonamides is 1. The maximum Gasteiger partial charge on any atom is 0.326 e. The van der Waals surface area contributed by atoms with Crippen LogP contribution in [0.3, 0.4) is 0 Å². The Morgan fingerprint density at radius 2 is 1.69 bits per heavy atom. The minimum atomic E-state index is -3.81. The van der Waals surface area contributed by atoms with Gasteiger partial charge in [-0.05, 0) is 24.3 Å². The van der Waals surface area contributed by atoms with E-state index < -0.39 is 34.4 Å². The second-order valence-electron chi connectivity index (χ2n) is 6.15. The van der Waals surface area contributed by atoms with Crippen molar-refractivity contribution in [1.29, 1.82) is 0 Å². The Morgan fingerprint density at radius 1 is 1.03 bits per heavy atom. The fraction of sp³-hybridized carbons (Fsp3) is 0.158. The molecule has 0 bridgehead atoms. The van der Waals surface area contributed by atoms with E-state index in [1.807, 2.05) is 0 Å². The largest absolute Gasteiger partial charge is 0.454 e. The van der Waals surface area contributed by atoms with Gasteiger partial charge in [-0.15, -0.1) is 4.40 Å². The number of amidine groups is 1. The van der Waals surface area contributed by atoms with Gasteiger partial charge in [-0.25, -0.2) is 0 Å². The van der Waals surface area contributed by atoms with Gasteiger partial charge in [0.1, 0.15) is 11.4 Å². The molecule has 29 heavy (non-hydrogen) atoms. The minimum absolute atomic E-state index is 0.0639. The molecule has 0 unspecified atom stereocenters. The highest BCUT2D eigenvalue weighted by molar-refractivity contribution is 7.90. The van der Waals surface area contributed by atoms with Crippen LogP contribution in [0, 0.1) is 0 Å². The summed E-state index contributed by atoms with van der Waals surface area (Å²) in [7, 11) is -2.33. The van der Waals surface area contributed by atoms with Gasteiger partial charge in [0.25, 0.3) is 21.8 Å². The molecule has 2 amide bonds. The Morgan fingerprint density at radius 3 is 2.41 bits per heavy atom. The molecule has 10 heteroatoms. The number of ether oxygens (including phenoxy) is 1. The molecule has 0 saturated carbocycles. The lowest BCUT2D eigenvalue weighted by Crippen LogP contribution is -2.37. The number of carbonyl (C=O) groups excluding carboxylic acids is 3. The van der Waals surface area contributed by atoms with Gasteiger partial charge < -0.3 is 9.64 Å². The smallest absolute Gasteiger partial charge is 0.326 e. The third-order valence-electron chi connectivity index (χ3n) is 3.99. The van der Waals surface area contributed by atoms with E-state index in [1.54, 1.807) is 36.4 Å². The first-order valence-electron chi connectivity index (χ1n) is 8.48. The Kier molecular flexibility index (Phi) is 5.74. The molecule has 1 aliphatic heterocycles. The molecule has 0 atom stereocenters. The predicted octanol–water partition coefficient (Wildman–Crippen LogP) is 0.567. The Balaban J connectivity index is 1.54. The van der Waals surface area contributed by atoms with Crippen molar-refractivity contribution in [2.24, 2.45) is 4.40 Å². The maximum atomic E-state index is 12.1. The molecule has 1 N–H and O–H groups in total. The number of nitrogens with one attached hydrogen (secondary N) is 1. The number of amides is 2. The lowest BCUT2D eigenvalue weighted by Gasteiger charge is -2.17. The zero-order valence-corrected chi connectivity index (χ0v) is 16.2. The number of rotatable bonds is 5. The van der Waals surface area contributed by atoms with Gasteiger partial charge in [0.05, 0.1) is 0 Å². The van der Waals surface area contributed by atoms with Crippen molar-refractivity contribution >= 4 is 33.6 Å². The molecule has 0 radical (unpaired) electrons. The number of likely N-dealkylation sites (N-methyl/N-ethyl adjacent to an activating group) is 1. The van der Waals surface area contributed by atoms with Crippen molar-refractivity contribution in [3.05, 3.63) is 65.7 Å². The minimum Gasteiger partial charge on any atom is -0.454 e. The number of esters is 1. The number of benzene rings is 2. The van der Waals surface area contributed by atoms with Crippen molar-refractivity contribution in [1.82, 2.24) is 10.2 Å². The first kappa shape index (κ1) is 20.2. The Labute approximate surface area is 167 Å². The average molecular weight is 415 g/mol. The monoisotopic (exact) mass is 415 g/mol. The van der Waals surface area contributed by atoms with Gasteiger partial charge in [0.2, 0.25) is 0 Å². The van der Waals surface area contributed by atoms with Crippen LogP contribution in [0.4, 0.5) is 0 Å². The van der Waals surface area contributed by atoms with E-state index in [0.29, 0.717) is 11.1 Å². The van der Waals surface area contributed by atoms with Crippen molar-refractivity contribution in [3.63, 3.8) is 0 Å². The van der Waals surface area contributed by atoms with Crippen LogP contribution in [0.15, 0.2) is 63.9 Å². The fourth-order valence-corrected chi connectivity index (χ4v) is 3.90. The molecule has 0 aliphatic carbocycles. The van der Waals surface area contributed by atoms with E-state index in [9.17, 15) is 22.8 Å². The van der Waals surface area contributed by atoms with Crippen LogP contribution in [0.1, 0.15) is 15.9 Å². The van der Waals surface area contributed by atoms with Crippen LogP contribution < -0.4 is 5.32 Å².